The van der Waals surface area contributed by atoms with E-state index in [1.807, 2.05) is 0 Å². The number of hydrogen-bond donors (Lipinski definition) is 0. The number of hydrogen-bond acceptors (Lipinski definition) is 2. The lowest BCUT2D eigenvalue weighted by Crippen LogP contribution is -2.27. The van der Waals surface area contributed by atoms with E-state index in [4.69, 9.17) is 9.47 Å². The van der Waals surface area contributed by atoms with Crippen molar-refractivity contribution in [3.05, 3.63) is 0 Å². The summed E-state index contributed by atoms with van der Waals surface area (Å²) < 4.78 is 11.0. The van der Waals surface area contributed by atoms with Crippen LogP contribution in [0.5, 0.6) is 0 Å². The first-order valence-corrected chi connectivity index (χ1v) is 4.77. The molecule has 1 rings (SSSR count). The van der Waals surface area contributed by atoms with E-state index in [2.05, 4.69) is 20.8 Å². The largest absolute Gasteiger partial charge is 0.381 e. The lowest BCUT2D eigenvalue weighted by molar-refractivity contribution is -0.0528. The minimum absolute atomic E-state index is 0.290. The molecule has 2 heteroatoms. The van der Waals surface area contributed by atoms with E-state index in [0.29, 0.717) is 6.10 Å². The summed E-state index contributed by atoms with van der Waals surface area (Å²) in [5, 5.41) is 0. The van der Waals surface area contributed by atoms with Gasteiger partial charge in [-0.15, -0.1) is 0 Å². The van der Waals surface area contributed by atoms with Crippen LogP contribution in [0.4, 0.5) is 0 Å². The summed E-state index contributed by atoms with van der Waals surface area (Å²) in [5.41, 5.74) is 0.290. The summed E-state index contributed by atoms with van der Waals surface area (Å²) in [6, 6.07) is 0. The van der Waals surface area contributed by atoms with Gasteiger partial charge in [-0.3, -0.25) is 0 Å². The van der Waals surface area contributed by atoms with Crippen LogP contribution in [-0.2, 0) is 9.47 Å². The van der Waals surface area contributed by atoms with Crippen LogP contribution in [0, 0.1) is 5.41 Å². The predicted molar refractivity (Wildman–Crippen MR) is 49.2 cm³/mol. The molecule has 0 amide bonds. The van der Waals surface area contributed by atoms with Gasteiger partial charge in [0, 0.05) is 13.2 Å². The van der Waals surface area contributed by atoms with Gasteiger partial charge in [-0.1, -0.05) is 20.8 Å². The highest BCUT2D eigenvalue weighted by molar-refractivity contribution is 4.66. The standard InChI is InChI=1S/C10H20O2/c1-10(2,3)8-12-9-4-6-11-7-5-9/h9H,4-8H2,1-3H3. The van der Waals surface area contributed by atoms with Crippen molar-refractivity contribution in [3.8, 4) is 0 Å². The van der Waals surface area contributed by atoms with E-state index in [-0.39, 0.29) is 5.41 Å². The summed E-state index contributed by atoms with van der Waals surface area (Å²) in [6.45, 7) is 9.20. The Morgan fingerprint density at radius 2 is 1.83 bits per heavy atom. The second-order valence-electron chi connectivity index (χ2n) is 4.68. The Balaban J connectivity index is 2.13. The van der Waals surface area contributed by atoms with Crippen molar-refractivity contribution < 1.29 is 9.47 Å². The molecule has 0 aromatic heterocycles. The third-order valence-electron chi connectivity index (χ3n) is 1.92. The van der Waals surface area contributed by atoms with Crippen molar-refractivity contribution in [2.45, 2.75) is 39.7 Å². The molecule has 0 bridgehead atoms. The average Bonchev–Trinajstić information content (AvgIpc) is 2.02. The molecule has 0 atom stereocenters. The second-order valence-corrected chi connectivity index (χ2v) is 4.68. The molecule has 1 fully saturated rings. The van der Waals surface area contributed by atoms with Crippen LogP contribution in [-0.4, -0.2) is 25.9 Å². The van der Waals surface area contributed by atoms with Crippen molar-refractivity contribution in [2.75, 3.05) is 19.8 Å². The van der Waals surface area contributed by atoms with Gasteiger partial charge in [-0.25, -0.2) is 0 Å². The lowest BCUT2D eigenvalue weighted by Gasteiger charge is -2.26. The minimum atomic E-state index is 0.290. The van der Waals surface area contributed by atoms with Crippen LogP contribution >= 0.6 is 0 Å². The zero-order valence-corrected chi connectivity index (χ0v) is 8.43. The fraction of sp³-hybridized carbons (Fsp3) is 1.00. The molecule has 0 unspecified atom stereocenters. The SMILES string of the molecule is CC(C)(C)COC1CCOCC1. The molecule has 1 aliphatic rings. The van der Waals surface area contributed by atoms with E-state index in [9.17, 15) is 0 Å². The number of rotatable bonds is 2. The molecule has 1 saturated heterocycles. The molecule has 0 spiro atoms. The fourth-order valence-electron chi connectivity index (χ4n) is 1.21. The van der Waals surface area contributed by atoms with Crippen LogP contribution in [0.25, 0.3) is 0 Å². The summed E-state index contributed by atoms with van der Waals surface area (Å²) in [7, 11) is 0. The van der Waals surface area contributed by atoms with E-state index in [0.717, 1.165) is 32.7 Å². The Morgan fingerprint density at radius 3 is 2.33 bits per heavy atom. The first-order chi connectivity index (χ1) is 5.58. The summed E-state index contributed by atoms with van der Waals surface area (Å²) in [6.07, 6.45) is 2.57. The molecule has 0 saturated carbocycles. The van der Waals surface area contributed by atoms with Crippen molar-refractivity contribution in [1.82, 2.24) is 0 Å². The van der Waals surface area contributed by atoms with Gasteiger partial charge in [0.05, 0.1) is 12.7 Å². The molecule has 0 aromatic rings. The summed E-state index contributed by atoms with van der Waals surface area (Å²) in [4.78, 5) is 0. The van der Waals surface area contributed by atoms with Crippen LogP contribution < -0.4 is 0 Å². The Labute approximate surface area is 75.2 Å². The molecule has 12 heavy (non-hydrogen) atoms. The van der Waals surface area contributed by atoms with Gasteiger partial charge in [-0.2, -0.15) is 0 Å². The summed E-state index contributed by atoms with van der Waals surface area (Å²) >= 11 is 0. The van der Waals surface area contributed by atoms with Gasteiger partial charge in [0.1, 0.15) is 0 Å². The third-order valence-corrected chi connectivity index (χ3v) is 1.92. The monoisotopic (exact) mass is 172 g/mol. The quantitative estimate of drug-likeness (QED) is 0.636. The highest BCUT2D eigenvalue weighted by Gasteiger charge is 2.17. The molecule has 2 nitrogen and oxygen atoms in total. The number of ether oxygens (including phenoxy) is 2. The topological polar surface area (TPSA) is 18.5 Å². The Morgan fingerprint density at radius 1 is 1.25 bits per heavy atom. The molecular weight excluding hydrogens is 152 g/mol. The lowest BCUT2D eigenvalue weighted by atomic mass is 9.98. The first-order valence-electron chi connectivity index (χ1n) is 4.77. The van der Waals surface area contributed by atoms with Gasteiger partial charge in [0.15, 0.2) is 0 Å². The van der Waals surface area contributed by atoms with E-state index in [1.165, 1.54) is 0 Å². The zero-order chi connectivity index (χ0) is 9.03. The van der Waals surface area contributed by atoms with Crippen LogP contribution in [0.3, 0.4) is 0 Å². The molecule has 1 aliphatic heterocycles. The van der Waals surface area contributed by atoms with Crippen LogP contribution in [0.15, 0.2) is 0 Å². The fourth-order valence-corrected chi connectivity index (χ4v) is 1.21. The molecule has 72 valence electrons. The highest BCUT2D eigenvalue weighted by Crippen LogP contribution is 2.17. The molecule has 0 aromatic carbocycles. The summed E-state index contributed by atoms with van der Waals surface area (Å²) in [5.74, 6) is 0. The Hall–Kier alpha value is -0.0800. The molecule has 0 N–H and O–H groups in total. The van der Waals surface area contributed by atoms with Gasteiger partial charge in [0.25, 0.3) is 0 Å². The second kappa shape index (κ2) is 4.24. The Kier molecular flexibility index (Phi) is 3.53. The van der Waals surface area contributed by atoms with Gasteiger partial charge < -0.3 is 9.47 Å². The van der Waals surface area contributed by atoms with Gasteiger partial charge >= 0.3 is 0 Å². The molecule has 1 heterocycles. The van der Waals surface area contributed by atoms with Gasteiger partial charge in [0.2, 0.25) is 0 Å². The third kappa shape index (κ3) is 4.07. The molecule has 0 radical (unpaired) electrons. The maximum absolute atomic E-state index is 5.77. The van der Waals surface area contributed by atoms with Crippen LogP contribution in [0.2, 0.25) is 0 Å². The Bertz CT molecular complexity index is 120. The molecular formula is C10H20O2. The maximum Gasteiger partial charge on any atom is 0.0619 e. The van der Waals surface area contributed by atoms with Crippen molar-refractivity contribution >= 4 is 0 Å². The van der Waals surface area contributed by atoms with Crippen molar-refractivity contribution in [1.29, 1.82) is 0 Å². The highest BCUT2D eigenvalue weighted by atomic mass is 16.5. The maximum atomic E-state index is 5.77. The van der Waals surface area contributed by atoms with Crippen molar-refractivity contribution in [2.24, 2.45) is 5.41 Å². The van der Waals surface area contributed by atoms with E-state index >= 15 is 0 Å². The van der Waals surface area contributed by atoms with Gasteiger partial charge in [-0.05, 0) is 18.3 Å². The van der Waals surface area contributed by atoms with Crippen LogP contribution in [0.1, 0.15) is 33.6 Å². The minimum Gasteiger partial charge on any atom is -0.381 e. The average molecular weight is 172 g/mol. The predicted octanol–water partition coefficient (Wildman–Crippen LogP) is 2.23. The first kappa shape index (κ1) is 10.0. The smallest absolute Gasteiger partial charge is 0.0619 e. The van der Waals surface area contributed by atoms with E-state index < -0.39 is 0 Å². The zero-order valence-electron chi connectivity index (χ0n) is 8.43. The molecule has 0 aliphatic carbocycles. The van der Waals surface area contributed by atoms with Crippen molar-refractivity contribution in [3.63, 3.8) is 0 Å². The van der Waals surface area contributed by atoms with E-state index in [1.54, 1.807) is 0 Å². The normalized spacial score (nSPS) is 21.2.